The Bertz CT molecular complexity index is 1410. The van der Waals surface area contributed by atoms with Gasteiger partial charge in [0.15, 0.2) is 28.5 Å². The van der Waals surface area contributed by atoms with Gasteiger partial charge in [-0.2, -0.15) is 4.68 Å². The summed E-state index contributed by atoms with van der Waals surface area (Å²) in [6.07, 6.45) is 1.51. The predicted molar refractivity (Wildman–Crippen MR) is 135 cm³/mol. The van der Waals surface area contributed by atoms with Gasteiger partial charge < -0.3 is 28.7 Å². The normalized spacial score (nSPS) is 13.5. The smallest absolute Gasteiger partial charge is 0.254 e. The Morgan fingerprint density at radius 1 is 0.865 bits per heavy atom. The number of hydrogen-bond donors (Lipinski definition) is 0. The first-order valence-corrected chi connectivity index (χ1v) is 11.6. The van der Waals surface area contributed by atoms with E-state index in [1.807, 2.05) is 24.3 Å². The fraction of sp³-hybridized carbons (Fsp3) is 0.320. The molecule has 0 saturated carbocycles. The van der Waals surface area contributed by atoms with E-state index in [0.29, 0.717) is 71.7 Å². The number of nitrogens with zero attached hydrogens (tertiary/aromatic N) is 7. The molecule has 1 aliphatic rings. The van der Waals surface area contributed by atoms with Crippen LogP contribution in [0.4, 0.5) is 5.82 Å². The second-order valence-electron chi connectivity index (χ2n) is 8.27. The fourth-order valence-electron chi connectivity index (χ4n) is 4.39. The number of carbonyl (C=O) groups excluding carboxylic acids is 1. The number of methoxy groups -OCH3 is 4. The predicted octanol–water partition coefficient (Wildman–Crippen LogP) is 2.21. The number of anilines is 1. The molecule has 37 heavy (non-hydrogen) atoms. The van der Waals surface area contributed by atoms with Crippen LogP contribution in [-0.2, 0) is 0 Å². The molecule has 1 amide bonds. The Labute approximate surface area is 213 Å². The van der Waals surface area contributed by atoms with E-state index < -0.39 is 0 Å². The lowest BCUT2D eigenvalue weighted by molar-refractivity contribution is 0.0745. The first-order valence-electron chi connectivity index (χ1n) is 11.6. The van der Waals surface area contributed by atoms with Crippen molar-refractivity contribution in [1.29, 1.82) is 0 Å². The van der Waals surface area contributed by atoms with Crippen molar-refractivity contribution in [2.75, 3.05) is 59.5 Å². The summed E-state index contributed by atoms with van der Waals surface area (Å²) in [6.45, 7) is 2.17. The molecule has 2 aromatic heterocycles. The molecule has 12 heteroatoms. The molecule has 0 unspecified atom stereocenters. The fourth-order valence-corrected chi connectivity index (χ4v) is 4.39. The van der Waals surface area contributed by atoms with Crippen LogP contribution in [0.25, 0.3) is 16.9 Å². The molecule has 0 bridgehead atoms. The van der Waals surface area contributed by atoms with Crippen molar-refractivity contribution in [3.8, 4) is 28.7 Å². The van der Waals surface area contributed by atoms with Crippen LogP contribution in [0, 0.1) is 0 Å². The van der Waals surface area contributed by atoms with Crippen LogP contribution in [0.15, 0.2) is 42.7 Å². The SMILES string of the molecule is COc1cccc(-n2nnc3c(N4CCN(C(=O)c5cc(OC)c(OC)c(OC)c5)CC4)ncnc32)c1. The Kier molecular flexibility index (Phi) is 6.62. The van der Waals surface area contributed by atoms with Gasteiger partial charge in [-0.3, -0.25) is 4.79 Å². The molecule has 2 aromatic carbocycles. The molecule has 5 rings (SSSR count). The van der Waals surface area contributed by atoms with Crippen molar-refractivity contribution in [3.05, 3.63) is 48.3 Å². The molecule has 1 saturated heterocycles. The Morgan fingerprint density at radius 2 is 1.59 bits per heavy atom. The van der Waals surface area contributed by atoms with Crippen molar-refractivity contribution < 1.29 is 23.7 Å². The van der Waals surface area contributed by atoms with Gasteiger partial charge >= 0.3 is 0 Å². The van der Waals surface area contributed by atoms with Gasteiger partial charge in [0, 0.05) is 37.8 Å². The summed E-state index contributed by atoms with van der Waals surface area (Å²) in [7, 11) is 6.19. The Balaban J connectivity index is 1.35. The van der Waals surface area contributed by atoms with Crippen LogP contribution < -0.4 is 23.8 Å². The van der Waals surface area contributed by atoms with E-state index in [0.717, 1.165) is 5.69 Å². The maximum absolute atomic E-state index is 13.3. The zero-order valence-electron chi connectivity index (χ0n) is 21.0. The molecule has 192 valence electrons. The van der Waals surface area contributed by atoms with Gasteiger partial charge in [-0.05, 0) is 24.3 Å². The number of piperazine rings is 1. The number of benzene rings is 2. The lowest BCUT2D eigenvalue weighted by atomic mass is 10.1. The third-order valence-corrected chi connectivity index (χ3v) is 6.29. The van der Waals surface area contributed by atoms with E-state index in [9.17, 15) is 4.79 Å². The third-order valence-electron chi connectivity index (χ3n) is 6.29. The highest BCUT2D eigenvalue weighted by Gasteiger charge is 2.27. The molecule has 0 spiro atoms. The Morgan fingerprint density at radius 3 is 2.24 bits per heavy atom. The van der Waals surface area contributed by atoms with Crippen molar-refractivity contribution >= 4 is 22.9 Å². The summed E-state index contributed by atoms with van der Waals surface area (Å²) in [5, 5.41) is 8.68. The van der Waals surface area contributed by atoms with Gasteiger partial charge in [-0.15, -0.1) is 5.10 Å². The van der Waals surface area contributed by atoms with Crippen LogP contribution in [0.3, 0.4) is 0 Å². The molecule has 0 radical (unpaired) electrons. The number of aromatic nitrogens is 5. The van der Waals surface area contributed by atoms with Gasteiger partial charge in [0.25, 0.3) is 5.91 Å². The molecule has 0 N–H and O–H groups in total. The van der Waals surface area contributed by atoms with E-state index >= 15 is 0 Å². The molecule has 12 nitrogen and oxygen atoms in total. The van der Waals surface area contributed by atoms with E-state index in [-0.39, 0.29) is 5.91 Å². The first kappa shape index (κ1) is 24.1. The van der Waals surface area contributed by atoms with Gasteiger partial charge in [0.05, 0.1) is 34.1 Å². The van der Waals surface area contributed by atoms with Crippen LogP contribution >= 0.6 is 0 Å². The van der Waals surface area contributed by atoms with Gasteiger partial charge in [-0.25, -0.2) is 9.97 Å². The zero-order chi connectivity index (χ0) is 25.9. The molecular formula is C25H27N7O5. The van der Waals surface area contributed by atoms with Crippen LogP contribution in [0.2, 0.25) is 0 Å². The quantitative estimate of drug-likeness (QED) is 0.370. The van der Waals surface area contributed by atoms with Crippen LogP contribution in [0.1, 0.15) is 10.4 Å². The average Bonchev–Trinajstić information content (AvgIpc) is 3.40. The standard InChI is InChI=1S/C25H27N7O5/c1-34-18-7-5-6-17(14-18)32-24-21(28-29-32)23(26-15-27-24)30-8-10-31(11-9-30)25(33)16-12-19(35-2)22(37-4)20(13-16)36-3/h5-7,12-15H,8-11H2,1-4H3. The number of ether oxygens (including phenoxy) is 4. The molecular weight excluding hydrogens is 478 g/mol. The topological polar surface area (TPSA) is 117 Å². The minimum atomic E-state index is -0.115. The molecule has 0 aliphatic carbocycles. The van der Waals surface area contributed by atoms with Crippen LogP contribution in [0.5, 0.6) is 23.0 Å². The number of carbonyl (C=O) groups is 1. The monoisotopic (exact) mass is 505 g/mol. The largest absolute Gasteiger partial charge is 0.497 e. The van der Waals surface area contributed by atoms with Crippen molar-refractivity contribution in [2.45, 2.75) is 0 Å². The number of hydrogen-bond acceptors (Lipinski definition) is 10. The zero-order valence-corrected chi connectivity index (χ0v) is 21.0. The minimum Gasteiger partial charge on any atom is -0.497 e. The summed E-state index contributed by atoms with van der Waals surface area (Å²) in [4.78, 5) is 26.1. The number of amides is 1. The summed E-state index contributed by atoms with van der Waals surface area (Å²) < 4.78 is 23.2. The maximum atomic E-state index is 13.3. The number of rotatable bonds is 7. The first-order chi connectivity index (χ1) is 18.1. The summed E-state index contributed by atoms with van der Waals surface area (Å²) in [5.41, 5.74) is 2.43. The number of fused-ring (bicyclic) bond motifs is 1. The lowest BCUT2D eigenvalue weighted by Crippen LogP contribution is -2.49. The summed E-state index contributed by atoms with van der Waals surface area (Å²) in [5.74, 6) is 2.59. The van der Waals surface area contributed by atoms with Gasteiger partial charge in [0.2, 0.25) is 5.75 Å². The van der Waals surface area contributed by atoms with Gasteiger partial charge in [0.1, 0.15) is 12.1 Å². The molecule has 1 fully saturated rings. The second-order valence-corrected chi connectivity index (χ2v) is 8.27. The highest BCUT2D eigenvalue weighted by molar-refractivity contribution is 5.96. The molecule has 1 aliphatic heterocycles. The van der Waals surface area contributed by atoms with Crippen molar-refractivity contribution in [3.63, 3.8) is 0 Å². The molecule has 4 aromatic rings. The van der Waals surface area contributed by atoms with Crippen molar-refractivity contribution in [2.24, 2.45) is 0 Å². The molecule has 0 atom stereocenters. The third kappa shape index (κ3) is 4.41. The second kappa shape index (κ2) is 10.2. The van der Waals surface area contributed by atoms with E-state index in [1.165, 1.54) is 27.7 Å². The molecule has 3 heterocycles. The average molecular weight is 506 g/mol. The lowest BCUT2D eigenvalue weighted by Gasteiger charge is -2.35. The highest BCUT2D eigenvalue weighted by Crippen LogP contribution is 2.38. The minimum absolute atomic E-state index is 0.115. The summed E-state index contributed by atoms with van der Waals surface area (Å²) in [6, 6.07) is 10.9. The Hall–Kier alpha value is -4.61. The van der Waals surface area contributed by atoms with E-state index in [1.54, 1.807) is 28.8 Å². The summed E-state index contributed by atoms with van der Waals surface area (Å²) >= 11 is 0. The van der Waals surface area contributed by atoms with E-state index in [2.05, 4.69) is 25.2 Å². The van der Waals surface area contributed by atoms with Crippen LogP contribution in [-0.4, -0.2) is 90.4 Å². The highest BCUT2D eigenvalue weighted by atomic mass is 16.5. The van der Waals surface area contributed by atoms with E-state index in [4.69, 9.17) is 18.9 Å². The maximum Gasteiger partial charge on any atom is 0.254 e. The van der Waals surface area contributed by atoms with Crippen molar-refractivity contribution in [1.82, 2.24) is 29.9 Å². The van der Waals surface area contributed by atoms with Gasteiger partial charge in [-0.1, -0.05) is 11.3 Å².